The van der Waals surface area contributed by atoms with Crippen LogP contribution in [-0.2, 0) is 12.8 Å². The van der Waals surface area contributed by atoms with Crippen molar-refractivity contribution in [2.45, 2.75) is 39.0 Å². The van der Waals surface area contributed by atoms with E-state index >= 15 is 0 Å². The highest BCUT2D eigenvalue weighted by Crippen LogP contribution is 2.32. The van der Waals surface area contributed by atoms with Crippen molar-refractivity contribution in [1.29, 1.82) is 0 Å². The van der Waals surface area contributed by atoms with Crippen LogP contribution in [0, 0.1) is 5.92 Å². The largest absolute Gasteiger partial charge is 0.441 e. The molecule has 1 heterocycles. The molecule has 0 N–H and O–H groups in total. The van der Waals surface area contributed by atoms with Crippen molar-refractivity contribution in [1.82, 2.24) is 4.98 Å². The van der Waals surface area contributed by atoms with Crippen LogP contribution in [0.2, 0.25) is 5.02 Å². The summed E-state index contributed by atoms with van der Waals surface area (Å²) in [6.45, 7) is 2.14. The highest BCUT2D eigenvalue weighted by molar-refractivity contribution is 6.30. The van der Waals surface area contributed by atoms with Gasteiger partial charge >= 0.3 is 0 Å². The smallest absolute Gasteiger partial charge is 0.226 e. The van der Waals surface area contributed by atoms with Gasteiger partial charge in [0.05, 0.1) is 5.69 Å². The number of hydrogen-bond donors (Lipinski definition) is 0. The molecular weight excluding hydrogens is 320 g/mol. The summed E-state index contributed by atoms with van der Waals surface area (Å²) < 4.78 is 5.98. The zero-order valence-electron chi connectivity index (χ0n) is 14.3. The van der Waals surface area contributed by atoms with Crippen LogP contribution in [0.5, 0.6) is 0 Å². The molecule has 1 aromatic heterocycles. The Morgan fingerprint density at radius 3 is 3.08 bits per heavy atom. The first-order chi connectivity index (χ1) is 11.7. The standard InChI is InChI=1S/C20H23ClN2O/c1-3-4-8-17(22-2)11-14-9-10-19-18(12-14)23-20(24-19)15-6-5-7-16(21)13-15/h4-8,13-14H,3,9-12H2,1-2H3/b8-4-,22-17?. The van der Waals surface area contributed by atoms with Gasteiger partial charge < -0.3 is 4.42 Å². The highest BCUT2D eigenvalue weighted by atomic mass is 35.5. The summed E-state index contributed by atoms with van der Waals surface area (Å²) in [4.78, 5) is 9.13. The number of benzene rings is 1. The predicted molar refractivity (Wildman–Crippen MR) is 99.9 cm³/mol. The van der Waals surface area contributed by atoms with Crippen LogP contribution in [0.25, 0.3) is 11.5 Å². The van der Waals surface area contributed by atoms with Crippen molar-refractivity contribution in [3.8, 4) is 11.5 Å². The number of nitrogens with zero attached hydrogens (tertiary/aromatic N) is 2. The Morgan fingerprint density at radius 2 is 2.33 bits per heavy atom. The van der Waals surface area contributed by atoms with E-state index in [1.165, 1.54) is 5.71 Å². The van der Waals surface area contributed by atoms with E-state index in [4.69, 9.17) is 21.0 Å². The van der Waals surface area contributed by atoms with Gasteiger partial charge in [0, 0.05) is 29.8 Å². The molecule has 1 unspecified atom stereocenters. The van der Waals surface area contributed by atoms with Crippen molar-refractivity contribution in [3.63, 3.8) is 0 Å². The van der Waals surface area contributed by atoms with E-state index in [-0.39, 0.29) is 0 Å². The Balaban J connectivity index is 1.73. The molecule has 0 aliphatic heterocycles. The third-order valence-electron chi connectivity index (χ3n) is 4.44. The fourth-order valence-corrected chi connectivity index (χ4v) is 3.34. The minimum Gasteiger partial charge on any atom is -0.441 e. The van der Waals surface area contributed by atoms with E-state index in [9.17, 15) is 0 Å². The van der Waals surface area contributed by atoms with Gasteiger partial charge in [-0.2, -0.15) is 0 Å². The molecule has 1 atom stereocenters. The number of oxazole rings is 1. The lowest BCUT2D eigenvalue weighted by molar-refractivity contribution is 0.416. The predicted octanol–water partition coefficient (Wildman–Crippen LogP) is 5.53. The molecule has 3 rings (SSSR count). The Morgan fingerprint density at radius 1 is 1.46 bits per heavy atom. The van der Waals surface area contributed by atoms with Crippen LogP contribution in [0.3, 0.4) is 0 Å². The molecule has 3 nitrogen and oxygen atoms in total. The third kappa shape index (κ3) is 3.96. The molecule has 1 aromatic carbocycles. The van der Waals surface area contributed by atoms with Gasteiger partial charge in [-0.05, 0) is 55.9 Å². The molecule has 0 saturated carbocycles. The Labute approximate surface area is 148 Å². The molecule has 1 aliphatic rings. The lowest BCUT2D eigenvalue weighted by atomic mass is 9.86. The number of hydrogen-bond acceptors (Lipinski definition) is 3. The van der Waals surface area contributed by atoms with Crippen LogP contribution in [0.4, 0.5) is 0 Å². The molecule has 0 fully saturated rings. The van der Waals surface area contributed by atoms with Gasteiger partial charge in [0.2, 0.25) is 5.89 Å². The summed E-state index contributed by atoms with van der Waals surface area (Å²) >= 11 is 6.07. The quantitative estimate of drug-likeness (QED) is 0.670. The summed E-state index contributed by atoms with van der Waals surface area (Å²) in [5.74, 6) is 2.29. The highest BCUT2D eigenvalue weighted by Gasteiger charge is 2.25. The molecule has 4 heteroatoms. The molecule has 0 saturated heterocycles. The Hall–Kier alpha value is -1.87. The molecule has 0 spiro atoms. The lowest BCUT2D eigenvalue weighted by Crippen LogP contribution is -2.16. The summed E-state index contributed by atoms with van der Waals surface area (Å²) in [7, 11) is 1.87. The van der Waals surface area contributed by atoms with Crippen molar-refractivity contribution in [2.75, 3.05) is 7.05 Å². The van der Waals surface area contributed by atoms with Gasteiger partial charge in [0.15, 0.2) is 0 Å². The maximum Gasteiger partial charge on any atom is 0.226 e. The Bertz CT molecular complexity index is 761. The number of aliphatic imine (C=N–C) groups is 1. The van der Waals surface area contributed by atoms with E-state index in [2.05, 4.69) is 24.1 Å². The minimum absolute atomic E-state index is 0.579. The zero-order chi connectivity index (χ0) is 16.9. The lowest BCUT2D eigenvalue weighted by Gasteiger charge is -2.20. The maximum atomic E-state index is 6.07. The second kappa shape index (κ2) is 7.80. The topological polar surface area (TPSA) is 38.4 Å². The van der Waals surface area contributed by atoms with Crippen LogP contribution >= 0.6 is 11.6 Å². The number of aromatic nitrogens is 1. The second-order valence-electron chi connectivity index (χ2n) is 6.24. The molecule has 0 bridgehead atoms. The summed E-state index contributed by atoms with van der Waals surface area (Å²) in [5.41, 5.74) is 3.20. The third-order valence-corrected chi connectivity index (χ3v) is 4.68. The summed E-state index contributed by atoms with van der Waals surface area (Å²) in [6.07, 6.45) is 9.39. The number of halogens is 1. The van der Waals surface area contributed by atoms with Gasteiger partial charge in [-0.3, -0.25) is 4.99 Å². The number of fused-ring (bicyclic) bond motifs is 1. The van der Waals surface area contributed by atoms with Crippen molar-refractivity contribution >= 4 is 17.3 Å². The van der Waals surface area contributed by atoms with Crippen LogP contribution in [-0.4, -0.2) is 17.7 Å². The molecule has 1 aliphatic carbocycles. The SMILES string of the molecule is CC/C=C\C(CC1CCc2oc(-c3cccc(Cl)c3)nc2C1)=NC. The average molecular weight is 343 g/mol. The van der Waals surface area contributed by atoms with E-state index in [1.54, 1.807) is 0 Å². The maximum absolute atomic E-state index is 6.07. The molecule has 0 amide bonds. The second-order valence-corrected chi connectivity index (χ2v) is 6.67. The normalized spacial score (nSPS) is 18.1. The van der Waals surface area contributed by atoms with Crippen molar-refractivity contribution < 1.29 is 4.42 Å². The number of rotatable bonds is 5. The molecule has 24 heavy (non-hydrogen) atoms. The van der Waals surface area contributed by atoms with Crippen molar-refractivity contribution in [3.05, 3.63) is 52.9 Å². The monoisotopic (exact) mass is 342 g/mol. The van der Waals surface area contributed by atoms with E-state index in [0.29, 0.717) is 16.8 Å². The van der Waals surface area contributed by atoms with Crippen LogP contribution in [0.15, 0.2) is 45.8 Å². The fourth-order valence-electron chi connectivity index (χ4n) is 3.15. The van der Waals surface area contributed by atoms with Gasteiger partial charge in [0.1, 0.15) is 5.76 Å². The molecule has 0 radical (unpaired) electrons. The van der Waals surface area contributed by atoms with Gasteiger partial charge in [0.25, 0.3) is 0 Å². The van der Waals surface area contributed by atoms with Crippen LogP contribution < -0.4 is 0 Å². The summed E-state index contributed by atoms with van der Waals surface area (Å²) in [5, 5.41) is 0.702. The van der Waals surface area contributed by atoms with E-state index in [0.717, 1.165) is 49.1 Å². The van der Waals surface area contributed by atoms with Gasteiger partial charge in [-0.25, -0.2) is 4.98 Å². The van der Waals surface area contributed by atoms with E-state index in [1.807, 2.05) is 31.3 Å². The molecular formula is C20H23ClN2O. The van der Waals surface area contributed by atoms with Crippen molar-refractivity contribution in [2.24, 2.45) is 10.9 Å². The first kappa shape index (κ1) is 17.0. The molecule has 2 aromatic rings. The van der Waals surface area contributed by atoms with Gasteiger partial charge in [-0.1, -0.05) is 30.7 Å². The minimum atomic E-state index is 0.579. The summed E-state index contributed by atoms with van der Waals surface area (Å²) in [6, 6.07) is 7.67. The number of allylic oxidation sites excluding steroid dienone is 2. The number of aryl methyl sites for hydroxylation is 1. The molecule has 126 valence electrons. The van der Waals surface area contributed by atoms with Crippen LogP contribution in [0.1, 0.15) is 37.6 Å². The van der Waals surface area contributed by atoms with E-state index < -0.39 is 0 Å². The average Bonchev–Trinajstić information content (AvgIpc) is 3.02. The van der Waals surface area contributed by atoms with Gasteiger partial charge in [-0.15, -0.1) is 0 Å². The fraction of sp³-hybridized carbons (Fsp3) is 0.400. The Kier molecular flexibility index (Phi) is 5.52. The first-order valence-corrected chi connectivity index (χ1v) is 8.94. The zero-order valence-corrected chi connectivity index (χ0v) is 15.0. The first-order valence-electron chi connectivity index (χ1n) is 8.56.